The molecule has 160 valence electrons. The van der Waals surface area contributed by atoms with Gasteiger partial charge in [-0.25, -0.2) is 0 Å². The third kappa shape index (κ3) is 10.7. The molecule has 6 nitrogen and oxygen atoms in total. The van der Waals surface area contributed by atoms with E-state index in [1.54, 1.807) is 18.2 Å². The van der Waals surface area contributed by atoms with E-state index in [0.717, 1.165) is 25.8 Å². The molecule has 0 saturated heterocycles. The zero-order chi connectivity index (χ0) is 20.1. The number of nitrogens with zero attached hydrogens (tertiary/aromatic N) is 1. The van der Waals surface area contributed by atoms with Gasteiger partial charge in [0.25, 0.3) is 5.91 Å². The lowest BCUT2D eigenvalue weighted by molar-refractivity contribution is 0.0954. The van der Waals surface area contributed by atoms with Crippen LogP contribution in [0.15, 0.2) is 23.2 Å². The summed E-state index contributed by atoms with van der Waals surface area (Å²) in [7, 11) is 0. The van der Waals surface area contributed by atoms with E-state index in [1.807, 2.05) is 6.92 Å². The maximum absolute atomic E-state index is 12.1. The van der Waals surface area contributed by atoms with E-state index in [2.05, 4.69) is 27.9 Å². The maximum Gasteiger partial charge on any atom is 0.251 e. The Morgan fingerprint density at radius 2 is 1.82 bits per heavy atom. The van der Waals surface area contributed by atoms with E-state index in [1.165, 1.54) is 0 Å². The Kier molecular flexibility index (Phi) is 15.6. The highest BCUT2D eigenvalue weighted by Gasteiger charge is 2.09. The molecule has 0 aliphatic heterocycles. The van der Waals surface area contributed by atoms with Crippen molar-refractivity contribution in [1.82, 2.24) is 16.0 Å². The molecule has 0 bridgehead atoms. The summed E-state index contributed by atoms with van der Waals surface area (Å²) < 4.78 is 0. The normalized spacial score (nSPS) is 12.1. The zero-order valence-corrected chi connectivity index (χ0v) is 20.3. The van der Waals surface area contributed by atoms with Crippen molar-refractivity contribution >= 4 is 59.0 Å². The van der Waals surface area contributed by atoms with Crippen molar-refractivity contribution < 1.29 is 9.90 Å². The number of aliphatic hydroxyl groups is 1. The van der Waals surface area contributed by atoms with Crippen LogP contribution < -0.4 is 16.0 Å². The van der Waals surface area contributed by atoms with Crippen LogP contribution in [-0.2, 0) is 0 Å². The number of hydrogen-bond acceptors (Lipinski definition) is 3. The molecule has 0 fully saturated rings. The van der Waals surface area contributed by atoms with E-state index in [4.69, 9.17) is 28.3 Å². The minimum Gasteiger partial charge on any atom is -0.396 e. The van der Waals surface area contributed by atoms with E-state index >= 15 is 0 Å². The van der Waals surface area contributed by atoms with Gasteiger partial charge in [-0.2, -0.15) is 0 Å². The topological polar surface area (TPSA) is 85.8 Å². The second-order valence-corrected chi connectivity index (χ2v) is 7.01. The standard InChI is InChI=1S/C19H30Cl2N4O2.HI/c1-3-5-14(8-11-26)13-25-19(22-4-2)24-10-9-23-18(27)15-6-7-16(20)17(21)12-15;/h6-7,12,14,26H,3-5,8-11,13H2,1-2H3,(H,23,27)(H2,22,24,25);1H. The maximum atomic E-state index is 12.1. The molecule has 1 atom stereocenters. The van der Waals surface area contributed by atoms with Crippen molar-refractivity contribution in [3.8, 4) is 0 Å². The van der Waals surface area contributed by atoms with Crippen molar-refractivity contribution in [2.45, 2.75) is 33.1 Å². The molecule has 0 aliphatic carbocycles. The lowest BCUT2D eigenvalue weighted by atomic mass is 10.0. The predicted molar refractivity (Wildman–Crippen MR) is 128 cm³/mol. The molecule has 0 radical (unpaired) electrons. The number of amides is 1. The van der Waals surface area contributed by atoms with Crippen LogP contribution in [0.5, 0.6) is 0 Å². The van der Waals surface area contributed by atoms with Crippen LogP contribution in [0.3, 0.4) is 0 Å². The van der Waals surface area contributed by atoms with Crippen LogP contribution in [0.2, 0.25) is 10.0 Å². The van der Waals surface area contributed by atoms with E-state index < -0.39 is 0 Å². The Labute approximate surface area is 194 Å². The molecular weight excluding hydrogens is 514 g/mol. The van der Waals surface area contributed by atoms with Crippen molar-refractivity contribution in [2.24, 2.45) is 10.9 Å². The van der Waals surface area contributed by atoms with Gasteiger partial charge in [-0.05, 0) is 43.9 Å². The Bertz CT molecular complexity index is 612. The number of aliphatic imine (C=N–C) groups is 1. The number of benzene rings is 1. The SMILES string of the molecule is CCCC(CCO)CN=C(NCC)NCCNC(=O)c1ccc(Cl)c(Cl)c1.I. The average molecular weight is 545 g/mol. The van der Waals surface area contributed by atoms with Gasteiger partial charge >= 0.3 is 0 Å². The highest BCUT2D eigenvalue weighted by molar-refractivity contribution is 14.0. The van der Waals surface area contributed by atoms with Gasteiger partial charge < -0.3 is 21.1 Å². The number of hydrogen-bond donors (Lipinski definition) is 4. The fraction of sp³-hybridized carbons (Fsp3) is 0.579. The summed E-state index contributed by atoms with van der Waals surface area (Å²) in [5.74, 6) is 0.883. The van der Waals surface area contributed by atoms with Crippen LogP contribution >= 0.6 is 47.2 Å². The second kappa shape index (κ2) is 16.1. The fourth-order valence-corrected chi connectivity index (χ4v) is 2.87. The molecule has 0 heterocycles. The first kappa shape index (κ1) is 27.2. The van der Waals surface area contributed by atoms with E-state index in [-0.39, 0.29) is 36.5 Å². The molecule has 1 aromatic carbocycles. The Morgan fingerprint density at radius 3 is 2.43 bits per heavy atom. The number of guanidine groups is 1. The van der Waals surface area contributed by atoms with Crippen LogP contribution in [0.4, 0.5) is 0 Å². The van der Waals surface area contributed by atoms with Gasteiger partial charge in [0, 0.05) is 38.3 Å². The summed E-state index contributed by atoms with van der Waals surface area (Å²) in [6, 6.07) is 4.79. The van der Waals surface area contributed by atoms with Gasteiger partial charge in [0.1, 0.15) is 0 Å². The molecular formula is C19H31Cl2IN4O2. The molecule has 0 spiro atoms. The van der Waals surface area contributed by atoms with Crippen molar-refractivity contribution in [3.63, 3.8) is 0 Å². The molecule has 1 aromatic rings. The van der Waals surface area contributed by atoms with Crippen LogP contribution in [0.25, 0.3) is 0 Å². The van der Waals surface area contributed by atoms with Crippen LogP contribution in [-0.4, -0.2) is 49.8 Å². The summed E-state index contributed by atoms with van der Waals surface area (Å²) in [5.41, 5.74) is 0.469. The van der Waals surface area contributed by atoms with Crippen molar-refractivity contribution in [1.29, 1.82) is 0 Å². The van der Waals surface area contributed by atoms with E-state index in [9.17, 15) is 4.79 Å². The molecule has 0 aliphatic rings. The van der Waals surface area contributed by atoms with Crippen molar-refractivity contribution in [3.05, 3.63) is 33.8 Å². The third-order valence-electron chi connectivity index (χ3n) is 3.97. The zero-order valence-electron chi connectivity index (χ0n) is 16.4. The van der Waals surface area contributed by atoms with Gasteiger partial charge in [0.2, 0.25) is 0 Å². The van der Waals surface area contributed by atoms with Gasteiger partial charge in [-0.15, -0.1) is 24.0 Å². The van der Waals surface area contributed by atoms with Crippen LogP contribution in [0, 0.1) is 5.92 Å². The Balaban J connectivity index is 0.00000729. The molecule has 1 rings (SSSR count). The number of halogens is 3. The lowest BCUT2D eigenvalue weighted by Gasteiger charge is -2.15. The summed E-state index contributed by atoms with van der Waals surface area (Å²) in [6.07, 6.45) is 2.88. The summed E-state index contributed by atoms with van der Waals surface area (Å²) in [4.78, 5) is 16.7. The molecule has 28 heavy (non-hydrogen) atoms. The first-order chi connectivity index (χ1) is 13.0. The summed E-state index contributed by atoms with van der Waals surface area (Å²) >= 11 is 11.8. The fourth-order valence-electron chi connectivity index (χ4n) is 2.58. The smallest absolute Gasteiger partial charge is 0.251 e. The van der Waals surface area contributed by atoms with Gasteiger partial charge in [0.15, 0.2) is 5.96 Å². The summed E-state index contributed by atoms with van der Waals surface area (Å²) in [5, 5.41) is 19.1. The lowest BCUT2D eigenvalue weighted by Crippen LogP contribution is -2.41. The van der Waals surface area contributed by atoms with Gasteiger partial charge in [-0.3, -0.25) is 9.79 Å². The number of rotatable bonds is 11. The van der Waals surface area contributed by atoms with Crippen molar-refractivity contribution in [2.75, 3.05) is 32.8 Å². The molecule has 1 unspecified atom stereocenters. The minimum absolute atomic E-state index is 0. The minimum atomic E-state index is -0.205. The number of carbonyl (C=O) groups is 1. The largest absolute Gasteiger partial charge is 0.396 e. The van der Waals surface area contributed by atoms with Gasteiger partial charge in [-0.1, -0.05) is 36.5 Å². The molecule has 0 aromatic heterocycles. The highest BCUT2D eigenvalue weighted by atomic mass is 127. The first-order valence-corrected chi connectivity index (χ1v) is 10.1. The molecule has 9 heteroatoms. The number of carbonyl (C=O) groups excluding carboxylic acids is 1. The quantitative estimate of drug-likeness (QED) is 0.148. The average Bonchev–Trinajstić information content (AvgIpc) is 2.65. The molecule has 4 N–H and O–H groups in total. The predicted octanol–water partition coefficient (Wildman–Crippen LogP) is 3.70. The first-order valence-electron chi connectivity index (χ1n) is 9.38. The number of aliphatic hydroxyl groups excluding tert-OH is 1. The molecule has 1 amide bonds. The van der Waals surface area contributed by atoms with Gasteiger partial charge in [0.05, 0.1) is 10.0 Å². The van der Waals surface area contributed by atoms with E-state index in [0.29, 0.717) is 47.1 Å². The molecule has 0 saturated carbocycles. The summed E-state index contributed by atoms with van der Waals surface area (Å²) in [6.45, 7) is 6.72. The monoisotopic (exact) mass is 544 g/mol. The van der Waals surface area contributed by atoms with Crippen LogP contribution in [0.1, 0.15) is 43.5 Å². The Hall–Kier alpha value is -0.770. The second-order valence-electron chi connectivity index (χ2n) is 6.20. The third-order valence-corrected chi connectivity index (χ3v) is 4.71. The Morgan fingerprint density at radius 1 is 1.11 bits per heavy atom. The number of nitrogens with one attached hydrogen (secondary N) is 3. The highest BCUT2D eigenvalue weighted by Crippen LogP contribution is 2.22.